The molecule has 1 heterocycles. The average molecular weight is 238 g/mol. The van der Waals surface area contributed by atoms with Crippen LogP contribution in [-0.2, 0) is 12.8 Å². The largest absolute Gasteiger partial charge is 0.474 e. The van der Waals surface area contributed by atoms with Crippen LogP contribution in [0.3, 0.4) is 0 Å². The lowest BCUT2D eigenvalue weighted by Crippen LogP contribution is -2.12. The molecule has 4 nitrogen and oxygen atoms in total. The van der Waals surface area contributed by atoms with Crippen molar-refractivity contribution in [1.29, 1.82) is 0 Å². The fraction of sp³-hybridized carbons (Fsp3) is 0.692. The highest BCUT2D eigenvalue weighted by Crippen LogP contribution is 2.24. The number of hydrogen-bond acceptors (Lipinski definition) is 4. The zero-order chi connectivity index (χ0) is 12.8. The Morgan fingerprint density at radius 2 is 1.71 bits per heavy atom. The van der Waals surface area contributed by atoms with E-state index in [1.807, 2.05) is 0 Å². The Labute approximate surface area is 103 Å². The first kappa shape index (κ1) is 13.9. The number of aryl methyl sites for hydroxylation is 2. The summed E-state index contributed by atoms with van der Waals surface area (Å²) < 4.78 is 5.47. The first-order valence-corrected chi connectivity index (χ1v) is 6.27. The zero-order valence-corrected chi connectivity index (χ0v) is 11.2. The molecule has 0 radical (unpaired) electrons. The van der Waals surface area contributed by atoms with Crippen molar-refractivity contribution in [3.05, 3.63) is 17.1 Å². The van der Waals surface area contributed by atoms with Crippen LogP contribution in [0.4, 0.5) is 0 Å². The minimum absolute atomic E-state index is 0.00377. The van der Waals surface area contributed by atoms with Crippen LogP contribution in [0.1, 0.15) is 50.7 Å². The van der Waals surface area contributed by atoms with Crippen LogP contribution in [0.5, 0.6) is 5.88 Å². The van der Waals surface area contributed by atoms with Crippen molar-refractivity contribution < 1.29 is 9.84 Å². The van der Waals surface area contributed by atoms with Crippen LogP contribution in [0.2, 0.25) is 0 Å². The maximum Gasteiger partial charge on any atom is 0.236 e. The van der Waals surface area contributed by atoms with E-state index in [1.54, 1.807) is 0 Å². The first-order valence-electron chi connectivity index (χ1n) is 6.27. The lowest BCUT2D eigenvalue weighted by atomic mass is 10.1. The molecule has 4 heteroatoms. The van der Waals surface area contributed by atoms with Gasteiger partial charge in [-0.05, 0) is 12.8 Å². The van der Waals surface area contributed by atoms with Gasteiger partial charge in [-0.3, -0.25) is 4.98 Å². The SMILES string of the molecule is CCc1nc(OCCO)c(C(C)C)nc1CC. The molecule has 0 aliphatic heterocycles. The highest BCUT2D eigenvalue weighted by Gasteiger charge is 2.15. The summed E-state index contributed by atoms with van der Waals surface area (Å²) in [7, 11) is 0. The highest BCUT2D eigenvalue weighted by molar-refractivity contribution is 5.27. The fourth-order valence-corrected chi connectivity index (χ4v) is 1.69. The van der Waals surface area contributed by atoms with Crippen molar-refractivity contribution in [2.24, 2.45) is 0 Å². The number of aromatic nitrogens is 2. The van der Waals surface area contributed by atoms with Gasteiger partial charge in [-0.25, -0.2) is 4.98 Å². The van der Waals surface area contributed by atoms with Crippen LogP contribution in [0, 0.1) is 0 Å². The van der Waals surface area contributed by atoms with Gasteiger partial charge in [-0.15, -0.1) is 0 Å². The van der Waals surface area contributed by atoms with E-state index in [0.29, 0.717) is 5.88 Å². The molecule has 1 aromatic heterocycles. The van der Waals surface area contributed by atoms with Crippen LogP contribution in [0.15, 0.2) is 0 Å². The molecule has 0 aromatic carbocycles. The predicted octanol–water partition coefficient (Wildman–Crippen LogP) is 2.10. The molecular formula is C13H22N2O2. The molecule has 0 spiro atoms. The Hall–Kier alpha value is -1.16. The van der Waals surface area contributed by atoms with Crippen LogP contribution in [-0.4, -0.2) is 28.3 Å². The molecule has 0 bridgehead atoms. The average Bonchev–Trinajstić information content (AvgIpc) is 2.34. The number of aliphatic hydroxyl groups excluding tert-OH is 1. The molecule has 1 rings (SSSR count). The number of aliphatic hydroxyl groups is 1. The van der Waals surface area contributed by atoms with E-state index in [4.69, 9.17) is 9.84 Å². The summed E-state index contributed by atoms with van der Waals surface area (Å²) in [6.07, 6.45) is 1.74. The van der Waals surface area contributed by atoms with Gasteiger partial charge in [0.1, 0.15) is 12.3 Å². The van der Waals surface area contributed by atoms with Gasteiger partial charge in [0.25, 0.3) is 0 Å². The van der Waals surface area contributed by atoms with Crippen molar-refractivity contribution in [3.8, 4) is 5.88 Å². The zero-order valence-electron chi connectivity index (χ0n) is 11.2. The minimum atomic E-state index is -0.00377. The third-order valence-corrected chi connectivity index (χ3v) is 2.59. The molecule has 0 aliphatic rings. The third kappa shape index (κ3) is 3.40. The van der Waals surface area contributed by atoms with E-state index in [1.165, 1.54) is 0 Å². The fourth-order valence-electron chi connectivity index (χ4n) is 1.69. The second-order valence-electron chi connectivity index (χ2n) is 4.24. The monoisotopic (exact) mass is 238 g/mol. The summed E-state index contributed by atoms with van der Waals surface area (Å²) in [6.45, 7) is 8.55. The summed E-state index contributed by atoms with van der Waals surface area (Å²) in [5, 5.41) is 8.81. The number of rotatable bonds is 6. The van der Waals surface area contributed by atoms with Crippen LogP contribution in [0.25, 0.3) is 0 Å². The standard InChI is InChI=1S/C13H22N2O2/c1-5-10-11(6-2)15-13(17-8-7-16)12(14-10)9(3)4/h9,16H,5-8H2,1-4H3. The van der Waals surface area contributed by atoms with Crippen molar-refractivity contribution in [3.63, 3.8) is 0 Å². The Morgan fingerprint density at radius 3 is 2.18 bits per heavy atom. The summed E-state index contributed by atoms with van der Waals surface area (Å²) in [5.41, 5.74) is 2.92. The summed E-state index contributed by atoms with van der Waals surface area (Å²) in [5.74, 6) is 0.843. The molecule has 0 saturated carbocycles. The van der Waals surface area contributed by atoms with Crippen molar-refractivity contribution >= 4 is 0 Å². The molecule has 0 atom stereocenters. The van der Waals surface area contributed by atoms with Gasteiger partial charge >= 0.3 is 0 Å². The second-order valence-corrected chi connectivity index (χ2v) is 4.24. The predicted molar refractivity (Wildman–Crippen MR) is 67.5 cm³/mol. The lowest BCUT2D eigenvalue weighted by molar-refractivity contribution is 0.194. The summed E-state index contributed by atoms with van der Waals surface area (Å²) in [4.78, 5) is 9.17. The Morgan fingerprint density at radius 1 is 1.12 bits per heavy atom. The molecule has 17 heavy (non-hydrogen) atoms. The Bertz CT molecular complexity index is 365. The van der Waals surface area contributed by atoms with Gasteiger partial charge in [-0.2, -0.15) is 0 Å². The lowest BCUT2D eigenvalue weighted by Gasteiger charge is -2.15. The molecule has 0 aliphatic carbocycles. The number of ether oxygens (including phenoxy) is 1. The Kier molecular flexibility index (Phi) is 5.35. The highest BCUT2D eigenvalue weighted by atomic mass is 16.5. The van der Waals surface area contributed by atoms with Crippen LogP contribution < -0.4 is 4.74 Å². The molecule has 96 valence electrons. The summed E-state index contributed by atoms with van der Waals surface area (Å²) in [6, 6.07) is 0. The molecule has 0 fully saturated rings. The topological polar surface area (TPSA) is 55.2 Å². The Balaban J connectivity index is 3.15. The van der Waals surface area contributed by atoms with Crippen LogP contribution >= 0.6 is 0 Å². The number of nitrogens with zero attached hydrogens (tertiary/aromatic N) is 2. The van der Waals surface area contributed by atoms with E-state index < -0.39 is 0 Å². The van der Waals surface area contributed by atoms with E-state index in [-0.39, 0.29) is 19.1 Å². The van der Waals surface area contributed by atoms with E-state index >= 15 is 0 Å². The van der Waals surface area contributed by atoms with E-state index in [2.05, 4.69) is 37.7 Å². The van der Waals surface area contributed by atoms with E-state index in [9.17, 15) is 0 Å². The molecule has 0 amide bonds. The number of hydrogen-bond donors (Lipinski definition) is 1. The second kappa shape index (κ2) is 6.55. The van der Waals surface area contributed by atoms with Crippen molar-refractivity contribution in [1.82, 2.24) is 9.97 Å². The quantitative estimate of drug-likeness (QED) is 0.824. The van der Waals surface area contributed by atoms with Gasteiger partial charge in [0.15, 0.2) is 0 Å². The van der Waals surface area contributed by atoms with Gasteiger partial charge in [0.05, 0.1) is 18.0 Å². The maximum absolute atomic E-state index is 8.81. The molecule has 1 aromatic rings. The third-order valence-electron chi connectivity index (χ3n) is 2.59. The van der Waals surface area contributed by atoms with Gasteiger partial charge in [-0.1, -0.05) is 27.7 Å². The molecule has 1 N–H and O–H groups in total. The molecular weight excluding hydrogens is 216 g/mol. The maximum atomic E-state index is 8.81. The van der Waals surface area contributed by atoms with Gasteiger partial charge in [0.2, 0.25) is 5.88 Å². The smallest absolute Gasteiger partial charge is 0.236 e. The van der Waals surface area contributed by atoms with Gasteiger partial charge < -0.3 is 9.84 Å². The molecule has 0 saturated heterocycles. The summed E-state index contributed by atoms with van der Waals surface area (Å²) >= 11 is 0. The molecule has 0 unspecified atom stereocenters. The van der Waals surface area contributed by atoms with E-state index in [0.717, 1.165) is 29.9 Å². The van der Waals surface area contributed by atoms with Crippen molar-refractivity contribution in [2.75, 3.05) is 13.2 Å². The minimum Gasteiger partial charge on any atom is -0.474 e. The normalized spacial score (nSPS) is 10.9. The van der Waals surface area contributed by atoms with Crippen molar-refractivity contribution in [2.45, 2.75) is 46.5 Å². The van der Waals surface area contributed by atoms with Gasteiger partial charge in [0, 0.05) is 5.92 Å². The first-order chi connectivity index (χ1) is 8.13.